The highest BCUT2D eigenvalue weighted by atomic mass is 19.2. The van der Waals surface area contributed by atoms with Crippen molar-refractivity contribution in [2.75, 3.05) is 5.73 Å². The number of halogens is 2. The molecule has 2 rings (SSSR count). The summed E-state index contributed by atoms with van der Waals surface area (Å²) >= 11 is 0. The zero-order chi connectivity index (χ0) is 10.8. The lowest BCUT2D eigenvalue weighted by molar-refractivity contribution is 0.509. The molecule has 15 heavy (non-hydrogen) atoms. The molecule has 0 aliphatic carbocycles. The van der Waals surface area contributed by atoms with Gasteiger partial charge >= 0.3 is 0 Å². The Kier molecular flexibility index (Phi) is 2.33. The average Bonchev–Trinajstić information content (AvgIpc) is 2.22. The minimum absolute atomic E-state index is 0.484. The van der Waals surface area contributed by atoms with Crippen LogP contribution in [-0.2, 0) is 0 Å². The Morgan fingerprint density at radius 3 is 2.40 bits per heavy atom. The Labute approximate surface area is 85.4 Å². The first-order chi connectivity index (χ1) is 7.16. The van der Waals surface area contributed by atoms with Gasteiger partial charge in [0.15, 0.2) is 11.6 Å². The minimum Gasteiger partial charge on any atom is -0.397 e. The number of pyridine rings is 1. The van der Waals surface area contributed by atoms with Crippen LogP contribution in [-0.4, -0.2) is 4.98 Å². The molecule has 1 heterocycles. The Bertz CT molecular complexity index is 498. The second-order valence-electron chi connectivity index (χ2n) is 3.14. The van der Waals surface area contributed by atoms with Crippen LogP contribution >= 0.6 is 0 Å². The van der Waals surface area contributed by atoms with Crippen LogP contribution in [0.2, 0.25) is 0 Å². The highest BCUT2D eigenvalue weighted by Crippen LogP contribution is 2.21. The van der Waals surface area contributed by atoms with Crippen molar-refractivity contribution in [1.82, 2.24) is 4.98 Å². The summed E-state index contributed by atoms with van der Waals surface area (Å²) in [5.74, 6) is -1.74. The van der Waals surface area contributed by atoms with Gasteiger partial charge in [0.25, 0.3) is 0 Å². The molecule has 0 radical (unpaired) electrons. The Morgan fingerprint density at radius 1 is 0.933 bits per heavy atom. The van der Waals surface area contributed by atoms with Crippen LogP contribution in [0.3, 0.4) is 0 Å². The summed E-state index contributed by atoms with van der Waals surface area (Å²) in [6.45, 7) is 0. The predicted molar refractivity (Wildman–Crippen MR) is 54.0 cm³/mol. The van der Waals surface area contributed by atoms with Gasteiger partial charge in [0, 0.05) is 18.0 Å². The normalized spacial score (nSPS) is 10.3. The van der Waals surface area contributed by atoms with E-state index in [1.807, 2.05) is 0 Å². The van der Waals surface area contributed by atoms with E-state index in [-0.39, 0.29) is 0 Å². The largest absolute Gasteiger partial charge is 0.397 e. The summed E-state index contributed by atoms with van der Waals surface area (Å²) in [4.78, 5) is 3.87. The van der Waals surface area contributed by atoms with Gasteiger partial charge in [-0.25, -0.2) is 8.78 Å². The van der Waals surface area contributed by atoms with Crippen molar-refractivity contribution in [3.8, 4) is 11.1 Å². The molecule has 0 fully saturated rings. The van der Waals surface area contributed by atoms with Crippen LogP contribution in [0.15, 0.2) is 36.7 Å². The summed E-state index contributed by atoms with van der Waals surface area (Å²) in [5, 5.41) is 0. The van der Waals surface area contributed by atoms with E-state index in [0.717, 1.165) is 12.1 Å². The maximum Gasteiger partial charge on any atom is 0.159 e. The fourth-order valence-electron chi connectivity index (χ4n) is 1.29. The van der Waals surface area contributed by atoms with Crippen molar-refractivity contribution in [3.63, 3.8) is 0 Å². The van der Waals surface area contributed by atoms with Gasteiger partial charge in [-0.1, -0.05) is 6.07 Å². The molecule has 0 aliphatic heterocycles. The Balaban J connectivity index is 2.50. The smallest absolute Gasteiger partial charge is 0.159 e. The van der Waals surface area contributed by atoms with Crippen molar-refractivity contribution >= 4 is 5.69 Å². The molecule has 1 aromatic heterocycles. The zero-order valence-electron chi connectivity index (χ0n) is 7.74. The van der Waals surface area contributed by atoms with Gasteiger partial charge in [-0.2, -0.15) is 0 Å². The van der Waals surface area contributed by atoms with Crippen LogP contribution in [0, 0.1) is 11.6 Å². The summed E-state index contributed by atoms with van der Waals surface area (Å²) in [6.07, 6.45) is 3.03. The lowest BCUT2D eigenvalue weighted by atomic mass is 10.1. The average molecular weight is 206 g/mol. The van der Waals surface area contributed by atoms with E-state index in [4.69, 9.17) is 5.73 Å². The van der Waals surface area contributed by atoms with Gasteiger partial charge < -0.3 is 5.73 Å². The molecular formula is C11H8F2N2. The Morgan fingerprint density at radius 2 is 1.73 bits per heavy atom. The van der Waals surface area contributed by atoms with Crippen LogP contribution in [0.1, 0.15) is 0 Å². The number of nitrogen functional groups attached to an aromatic ring is 1. The standard InChI is InChI=1S/C11H8F2N2/c12-10-2-1-7(4-11(10)13)8-3-9(14)6-15-5-8/h1-6H,14H2. The second kappa shape index (κ2) is 3.65. The number of hydrogen-bond donors (Lipinski definition) is 1. The number of rotatable bonds is 1. The first kappa shape index (κ1) is 9.58. The molecule has 0 spiro atoms. The summed E-state index contributed by atoms with van der Waals surface area (Å²) < 4.78 is 25.6. The number of benzene rings is 1. The van der Waals surface area contributed by atoms with Crippen molar-refractivity contribution in [2.24, 2.45) is 0 Å². The van der Waals surface area contributed by atoms with Crippen LogP contribution in [0.4, 0.5) is 14.5 Å². The third kappa shape index (κ3) is 1.93. The number of anilines is 1. The highest BCUT2D eigenvalue weighted by Gasteiger charge is 2.04. The molecule has 4 heteroatoms. The summed E-state index contributed by atoms with van der Waals surface area (Å²) in [6, 6.07) is 5.33. The molecule has 2 N–H and O–H groups in total. The molecule has 0 saturated carbocycles. The van der Waals surface area contributed by atoms with Crippen molar-refractivity contribution < 1.29 is 8.78 Å². The van der Waals surface area contributed by atoms with E-state index in [9.17, 15) is 8.78 Å². The maximum absolute atomic E-state index is 12.9. The maximum atomic E-state index is 12.9. The molecular weight excluding hydrogens is 198 g/mol. The van der Waals surface area contributed by atoms with Crippen LogP contribution < -0.4 is 5.73 Å². The van der Waals surface area contributed by atoms with Gasteiger partial charge in [-0.05, 0) is 23.8 Å². The SMILES string of the molecule is Nc1cncc(-c2ccc(F)c(F)c2)c1. The van der Waals surface area contributed by atoms with E-state index in [1.54, 1.807) is 12.3 Å². The summed E-state index contributed by atoms with van der Waals surface area (Å²) in [5.41, 5.74) is 7.23. The van der Waals surface area contributed by atoms with E-state index in [2.05, 4.69) is 4.98 Å². The monoisotopic (exact) mass is 206 g/mol. The molecule has 2 nitrogen and oxygen atoms in total. The molecule has 0 bridgehead atoms. The second-order valence-corrected chi connectivity index (χ2v) is 3.14. The molecule has 0 aliphatic rings. The third-order valence-corrected chi connectivity index (χ3v) is 2.01. The molecule has 76 valence electrons. The minimum atomic E-state index is -0.880. The number of nitrogens with two attached hydrogens (primary N) is 1. The van der Waals surface area contributed by atoms with E-state index < -0.39 is 11.6 Å². The number of aromatic nitrogens is 1. The van der Waals surface area contributed by atoms with Gasteiger partial charge in [-0.15, -0.1) is 0 Å². The Hall–Kier alpha value is -1.97. The van der Waals surface area contributed by atoms with E-state index >= 15 is 0 Å². The van der Waals surface area contributed by atoms with Crippen LogP contribution in [0.25, 0.3) is 11.1 Å². The molecule has 0 saturated heterocycles. The van der Waals surface area contributed by atoms with Gasteiger partial charge in [-0.3, -0.25) is 4.98 Å². The van der Waals surface area contributed by atoms with Crippen LogP contribution in [0.5, 0.6) is 0 Å². The molecule has 0 unspecified atom stereocenters. The van der Waals surface area contributed by atoms with Gasteiger partial charge in [0.05, 0.1) is 5.69 Å². The first-order valence-corrected chi connectivity index (χ1v) is 4.33. The van der Waals surface area contributed by atoms with Crippen molar-refractivity contribution in [1.29, 1.82) is 0 Å². The van der Waals surface area contributed by atoms with E-state index in [0.29, 0.717) is 16.8 Å². The fourth-order valence-corrected chi connectivity index (χ4v) is 1.29. The fraction of sp³-hybridized carbons (Fsp3) is 0. The first-order valence-electron chi connectivity index (χ1n) is 4.33. The highest BCUT2D eigenvalue weighted by molar-refractivity contribution is 5.65. The lowest BCUT2D eigenvalue weighted by Crippen LogP contribution is -1.89. The number of hydrogen-bond acceptors (Lipinski definition) is 2. The third-order valence-electron chi connectivity index (χ3n) is 2.01. The summed E-state index contributed by atoms with van der Waals surface area (Å²) in [7, 11) is 0. The molecule has 1 aromatic carbocycles. The predicted octanol–water partition coefficient (Wildman–Crippen LogP) is 2.61. The van der Waals surface area contributed by atoms with Gasteiger partial charge in [0.2, 0.25) is 0 Å². The lowest BCUT2D eigenvalue weighted by Gasteiger charge is -2.02. The molecule has 2 aromatic rings. The number of nitrogens with zero attached hydrogens (tertiary/aromatic N) is 1. The van der Waals surface area contributed by atoms with Gasteiger partial charge in [0.1, 0.15) is 0 Å². The van der Waals surface area contributed by atoms with Crippen molar-refractivity contribution in [3.05, 3.63) is 48.3 Å². The quantitative estimate of drug-likeness (QED) is 0.778. The molecule has 0 amide bonds. The van der Waals surface area contributed by atoms with E-state index in [1.165, 1.54) is 12.3 Å². The molecule has 0 atom stereocenters. The topological polar surface area (TPSA) is 38.9 Å². The van der Waals surface area contributed by atoms with Crippen molar-refractivity contribution in [2.45, 2.75) is 0 Å². The zero-order valence-corrected chi connectivity index (χ0v) is 7.74.